The number of carbonyl (C=O) groups is 1. The fourth-order valence-corrected chi connectivity index (χ4v) is 1.79. The molecule has 0 atom stereocenters. The van der Waals surface area contributed by atoms with Crippen LogP contribution >= 0.6 is 0 Å². The van der Waals surface area contributed by atoms with Crippen LogP contribution in [0.25, 0.3) is 0 Å². The number of aromatic amines is 1. The number of aromatic nitrogens is 3. The highest BCUT2D eigenvalue weighted by atomic mass is 16.5. The minimum Gasteiger partial charge on any atom is -0.493 e. The largest absolute Gasteiger partial charge is 0.493 e. The van der Waals surface area contributed by atoms with Crippen LogP contribution in [0.4, 0.5) is 0 Å². The second-order valence-corrected chi connectivity index (χ2v) is 4.16. The molecule has 0 unspecified atom stereocenters. The molecular weight excluding hydrogens is 260 g/mol. The Morgan fingerprint density at radius 3 is 2.65 bits per heavy atom. The Morgan fingerprint density at radius 2 is 2.05 bits per heavy atom. The Labute approximate surface area is 116 Å². The average molecular weight is 276 g/mol. The number of hydrogen-bond acceptors (Lipinski definition) is 5. The third-order valence-corrected chi connectivity index (χ3v) is 2.83. The molecule has 0 aliphatic carbocycles. The lowest BCUT2D eigenvalue weighted by atomic mass is 10.1. The second-order valence-electron chi connectivity index (χ2n) is 4.16. The van der Waals surface area contributed by atoms with E-state index >= 15 is 0 Å². The molecule has 0 aliphatic heterocycles. The molecule has 2 aromatic rings. The highest BCUT2D eigenvalue weighted by molar-refractivity contribution is 5.94. The first-order valence-corrected chi connectivity index (χ1v) is 5.97. The number of methoxy groups -OCH3 is 2. The summed E-state index contributed by atoms with van der Waals surface area (Å²) in [6.07, 6.45) is 1.41. The van der Waals surface area contributed by atoms with Crippen LogP contribution in [0.5, 0.6) is 11.5 Å². The summed E-state index contributed by atoms with van der Waals surface area (Å²) in [6, 6.07) is 5.05. The number of H-pyrrole nitrogens is 1. The van der Waals surface area contributed by atoms with Crippen LogP contribution in [0, 0.1) is 0 Å². The predicted octanol–water partition coefficient (Wildman–Crippen LogP) is 1.09. The number of nitrogens with one attached hydrogen (secondary N) is 1. The lowest BCUT2D eigenvalue weighted by Gasteiger charge is -2.16. The van der Waals surface area contributed by atoms with Crippen molar-refractivity contribution in [2.75, 3.05) is 21.3 Å². The van der Waals surface area contributed by atoms with Gasteiger partial charge in [0.2, 0.25) is 0 Å². The summed E-state index contributed by atoms with van der Waals surface area (Å²) in [7, 11) is 4.78. The van der Waals surface area contributed by atoms with Gasteiger partial charge in [-0.3, -0.25) is 9.89 Å². The van der Waals surface area contributed by atoms with Gasteiger partial charge in [-0.15, -0.1) is 0 Å². The van der Waals surface area contributed by atoms with Crippen LogP contribution in [-0.4, -0.2) is 47.3 Å². The zero-order valence-electron chi connectivity index (χ0n) is 11.6. The van der Waals surface area contributed by atoms with Crippen LogP contribution in [0.3, 0.4) is 0 Å². The van der Waals surface area contributed by atoms with Crippen molar-refractivity contribution in [1.82, 2.24) is 20.1 Å². The van der Waals surface area contributed by atoms with Crippen LogP contribution in [0.1, 0.15) is 16.2 Å². The van der Waals surface area contributed by atoms with Crippen molar-refractivity contribution >= 4 is 5.91 Å². The monoisotopic (exact) mass is 276 g/mol. The smallest absolute Gasteiger partial charge is 0.254 e. The van der Waals surface area contributed by atoms with Crippen LogP contribution in [-0.2, 0) is 6.54 Å². The standard InChI is InChI=1S/C13H16N4O3/c1-17(7-12-14-8-15-16-12)13(18)9-4-5-10(19-2)11(6-9)20-3/h4-6,8H,7H2,1-3H3,(H,14,15,16). The van der Waals surface area contributed by atoms with E-state index in [2.05, 4.69) is 15.2 Å². The van der Waals surface area contributed by atoms with E-state index in [-0.39, 0.29) is 5.91 Å². The quantitative estimate of drug-likeness (QED) is 0.884. The van der Waals surface area contributed by atoms with E-state index in [4.69, 9.17) is 9.47 Å². The Morgan fingerprint density at radius 1 is 1.30 bits per heavy atom. The van der Waals surface area contributed by atoms with Crippen molar-refractivity contribution in [2.24, 2.45) is 0 Å². The van der Waals surface area contributed by atoms with Crippen molar-refractivity contribution < 1.29 is 14.3 Å². The van der Waals surface area contributed by atoms with Crippen LogP contribution in [0.2, 0.25) is 0 Å². The van der Waals surface area contributed by atoms with Crippen molar-refractivity contribution in [3.05, 3.63) is 35.9 Å². The van der Waals surface area contributed by atoms with Crippen molar-refractivity contribution in [3.63, 3.8) is 0 Å². The van der Waals surface area contributed by atoms with E-state index in [1.807, 2.05) is 0 Å². The third-order valence-electron chi connectivity index (χ3n) is 2.83. The summed E-state index contributed by atoms with van der Waals surface area (Å²) >= 11 is 0. The summed E-state index contributed by atoms with van der Waals surface area (Å²) in [5, 5.41) is 6.46. The molecule has 7 heteroatoms. The molecule has 106 valence electrons. The van der Waals surface area contributed by atoms with Crippen molar-refractivity contribution in [1.29, 1.82) is 0 Å². The lowest BCUT2D eigenvalue weighted by Crippen LogP contribution is -2.26. The number of carbonyl (C=O) groups excluding carboxylic acids is 1. The third kappa shape index (κ3) is 2.87. The van der Waals surface area contributed by atoms with Gasteiger partial charge < -0.3 is 14.4 Å². The molecule has 0 spiro atoms. The topological polar surface area (TPSA) is 80.3 Å². The van der Waals surface area contributed by atoms with E-state index in [1.165, 1.54) is 13.4 Å². The number of ether oxygens (including phenoxy) is 2. The summed E-state index contributed by atoms with van der Waals surface area (Å²) in [4.78, 5) is 17.8. The SMILES string of the molecule is COc1ccc(C(=O)N(C)Cc2ncn[nH]2)cc1OC. The summed E-state index contributed by atoms with van der Waals surface area (Å²) in [6.45, 7) is 0.354. The lowest BCUT2D eigenvalue weighted by molar-refractivity contribution is 0.0781. The normalized spacial score (nSPS) is 10.2. The molecule has 7 nitrogen and oxygen atoms in total. The first kappa shape index (κ1) is 13.9. The Bertz CT molecular complexity index is 583. The van der Waals surface area contributed by atoms with Gasteiger partial charge in [0.1, 0.15) is 12.2 Å². The number of rotatable bonds is 5. The Kier molecular flexibility index (Phi) is 4.19. The van der Waals surface area contributed by atoms with E-state index in [1.54, 1.807) is 37.3 Å². The van der Waals surface area contributed by atoms with E-state index in [9.17, 15) is 4.79 Å². The molecule has 1 heterocycles. The molecule has 2 rings (SSSR count). The number of hydrogen-bond donors (Lipinski definition) is 1. The minimum atomic E-state index is -0.137. The summed E-state index contributed by atoms with van der Waals surface area (Å²) < 4.78 is 10.3. The van der Waals surface area contributed by atoms with Gasteiger partial charge >= 0.3 is 0 Å². The number of amides is 1. The van der Waals surface area contributed by atoms with Crippen molar-refractivity contribution in [2.45, 2.75) is 6.54 Å². The van der Waals surface area contributed by atoms with Gasteiger partial charge in [-0.2, -0.15) is 5.10 Å². The summed E-state index contributed by atoms with van der Waals surface area (Å²) in [5.41, 5.74) is 0.518. The maximum absolute atomic E-state index is 12.3. The molecular formula is C13H16N4O3. The maximum Gasteiger partial charge on any atom is 0.254 e. The van der Waals surface area contributed by atoms with Crippen LogP contribution in [0.15, 0.2) is 24.5 Å². The second kappa shape index (κ2) is 6.05. The average Bonchev–Trinajstić information content (AvgIpc) is 2.98. The molecule has 0 aliphatic rings. The van der Waals surface area contributed by atoms with Gasteiger partial charge in [0.25, 0.3) is 5.91 Å². The van der Waals surface area contributed by atoms with E-state index < -0.39 is 0 Å². The molecule has 0 saturated carbocycles. The molecule has 0 bridgehead atoms. The fraction of sp³-hybridized carbons (Fsp3) is 0.308. The summed E-state index contributed by atoms with van der Waals surface area (Å²) in [5.74, 6) is 1.59. The zero-order valence-corrected chi connectivity index (χ0v) is 11.6. The molecule has 1 aromatic carbocycles. The van der Waals surface area contributed by atoms with Gasteiger partial charge in [0, 0.05) is 12.6 Å². The number of nitrogens with zero attached hydrogens (tertiary/aromatic N) is 3. The zero-order chi connectivity index (χ0) is 14.5. The van der Waals surface area contributed by atoms with Gasteiger partial charge in [0.05, 0.1) is 20.8 Å². The fourth-order valence-electron chi connectivity index (χ4n) is 1.79. The Hall–Kier alpha value is -2.57. The molecule has 0 fully saturated rings. The van der Waals surface area contributed by atoms with Gasteiger partial charge in [-0.1, -0.05) is 0 Å². The van der Waals surface area contributed by atoms with E-state index in [0.717, 1.165) is 0 Å². The number of benzene rings is 1. The van der Waals surface area contributed by atoms with Gasteiger partial charge in [0.15, 0.2) is 11.5 Å². The maximum atomic E-state index is 12.3. The Balaban J connectivity index is 2.16. The van der Waals surface area contributed by atoms with Crippen molar-refractivity contribution in [3.8, 4) is 11.5 Å². The minimum absolute atomic E-state index is 0.137. The molecule has 0 radical (unpaired) electrons. The molecule has 20 heavy (non-hydrogen) atoms. The first-order valence-electron chi connectivity index (χ1n) is 5.97. The first-order chi connectivity index (χ1) is 9.65. The molecule has 1 amide bonds. The highest BCUT2D eigenvalue weighted by Gasteiger charge is 2.15. The van der Waals surface area contributed by atoms with Crippen LogP contribution < -0.4 is 9.47 Å². The molecule has 0 saturated heterocycles. The molecule has 1 N–H and O–H groups in total. The predicted molar refractivity (Wildman–Crippen MR) is 71.7 cm³/mol. The molecule has 1 aromatic heterocycles. The highest BCUT2D eigenvalue weighted by Crippen LogP contribution is 2.27. The van der Waals surface area contributed by atoms with E-state index in [0.29, 0.717) is 29.4 Å². The van der Waals surface area contributed by atoms with Gasteiger partial charge in [-0.05, 0) is 18.2 Å². The van der Waals surface area contributed by atoms with Gasteiger partial charge in [-0.25, -0.2) is 4.98 Å².